The molecule has 0 aliphatic carbocycles. The molecule has 2 saturated heterocycles. The van der Waals surface area contributed by atoms with Crippen molar-refractivity contribution in [3.63, 3.8) is 0 Å². The van der Waals surface area contributed by atoms with Crippen LogP contribution in [0.25, 0.3) is 0 Å². The number of nitrogens with zero attached hydrogens (tertiary/aromatic N) is 1. The molecule has 0 aromatic heterocycles. The van der Waals surface area contributed by atoms with E-state index in [1.807, 2.05) is 41.3 Å². The van der Waals surface area contributed by atoms with Crippen LogP contribution in [0, 0.1) is 0 Å². The van der Waals surface area contributed by atoms with Crippen molar-refractivity contribution in [1.82, 2.24) is 4.90 Å². The van der Waals surface area contributed by atoms with Crippen molar-refractivity contribution in [2.75, 3.05) is 12.0 Å². The number of hydrogen-bond donors (Lipinski definition) is 0. The van der Waals surface area contributed by atoms with E-state index >= 15 is 0 Å². The summed E-state index contributed by atoms with van der Waals surface area (Å²) in [5.41, 5.74) is 2.64. The number of alkyl halides is 1. The number of halogens is 1. The van der Waals surface area contributed by atoms with Crippen molar-refractivity contribution in [1.29, 1.82) is 0 Å². The summed E-state index contributed by atoms with van der Waals surface area (Å²) in [5.74, 6) is 0.0404. The molecule has 3 atom stereocenters. The van der Waals surface area contributed by atoms with Crippen LogP contribution in [0.5, 0.6) is 0 Å². The highest BCUT2D eigenvalue weighted by molar-refractivity contribution is 14.1. The van der Waals surface area contributed by atoms with Gasteiger partial charge in [0.05, 0.1) is 16.8 Å². The van der Waals surface area contributed by atoms with E-state index in [2.05, 4.69) is 34.5 Å². The minimum Gasteiger partial charge on any atom is -0.365 e. The average molecular weight is 525 g/mol. The summed E-state index contributed by atoms with van der Waals surface area (Å²) in [6.45, 7) is 0. The lowest BCUT2D eigenvalue weighted by Gasteiger charge is -2.38. The minimum absolute atomic E-state index is 0.0404. The maximum Gasteiger partial charge on any atom is 0.182 e. The Morgan fingerprint density at radius 2 is 1.52 bits per heavy atom. The molecule has 0 amide bonds. The van der Waals surface area contributed by atoms with Gasteiger partial charge in [0.1, 0.15) is 6.10 Å². The quantitative estimate of drug-likeness (QED) is 0.419. The van der Waals surface area contributed by atoms with Gasteiger partial charge in [-0.15, -0.1) is 0 Å². The molecule has 6 heteroatoms. The molecule has 0 saturated carbocycles. The third-order valence-corrected chi connectivity index (χ3v) is 8.34. The van der Waals surface area contributed by atoms with Crippen LogP contribution in [0.2, 0.25) is 0 Å². The number of benzene rings is 2. The van der Waals surface area contributed by atoms with Gasteiger partial charge in [-0.3, -0.25) is 0 Å². The average Bonchev–Trinajstić information content (AvgIpc) is 2.91. The molecule has 3 aliphatic heterocycles. The third kappa shape index (κ3) is 4.01. The molecule has 0 radical (unpaired) electrons. The number of hydrogen-bond acceptors (Lipinski definition) is 4. The van der Waals surface area contributed by atoms with Crippen LogP contribution in [0.1, 0.15) is 48.5 Å². The molecular weight excluding hydrogens is 497 g/mol. The Bertz CT molecular complexity index is 964. The molecule has 3 aliphatic rings. The molecule has 5 rings (SSSR count). The zero-order valence-electron chi connectivity index (χ0n) is 16.9. The summed E-state index contributed by atoms with van der Waals surface area (Å²) in [6, 6.07) is 16.4. The van der Waals surface area contributed by atoms with Crippen molar-refractivity contribution in [3.8, 4) is 0 Å². The van der Waals surface area contributed by atoms with E-state index in [1.54, 1.807) is 12.1 Å². The Hall–Kier alpha value is -0.960. The SMILES string of the molecule is CI.CN1C2CCC1CC(OC1c3ccccc3CS(=O)(=O)c3ccccc31)C2. The summed E-state index contributed by atoms with van der Waals surface area (Å²) in [6.07, 6.45) is 4.40. The number of fused-ring (bicyclic) bond motifs is 4. The van der Waals surface area contributed by atoms with Gasteiger partial charge < -0.3 is 9.64 Å². The van der Waals surface area contributed by atoms with E-state index in [0.717, 1.165) is 29.5 Å². The number of piperidine rings is 1. The lowest BCUT2D eigenvalue weighted by atomic mass is 9.95. The first-order valence-electron chi connectivity index (χ1n) is 10.2. The fourth-order valence-corrected chi connectivity index (χ4v) is 6.81. The first kappa shape index (κ1) is 21.3. The molecule has 2 aromatic rings. The second-order valence-corrected chi connectivity index (χ2v) is 10.1. The van der Waals surface area contributed by atoms with Gasteiger partial charge in [0, 0.05) is 17.6 Å². The van der Waals surface area contributed by atoms with Crippen LogP contribution in [-0.4, -0.2) is 43.5 Å². The molecule has 4 nitrogen and oxygen atoms in total. The summed E-state index contributed by atoms with van der Waals surface area (Å²) in [7, 11) is -1.15. The molecular formula is C23H28INO3S. The maximum absolute atomic E-state index is 13.0. The fraction of sp³-hybridized carbons (Fsp3) is 0.478. The van der Waals surface area contributed by atoms with Gasteiger partial charge in [0.2, 0.25) is 0 Å². The zero-order chi connectivity index (χ0) is 20.6. The Kier molecular flexibility index (Phi) is 6.35. The van der Waals surface area contributed by atoms with E-state index in [0.29, 0.717) is 17.0 Å². The number of sulfone groups is 1. The van der Waals surface area contributed by atoms with Crippen LogP contribution < -0.4 is 0 Å². The highest BCUT2D eigenvalue weighted by Gasteiger charge is 2.41. The predicted octanol–water partition coefficient (Wildman–Crippen LogP) is 4.76. The highest BCUT2D eigenvalue weighted by Crippen LogP contribution is 2.42. The molecule has 2 aromatic carbocycles. The fourth-order valence-electron chi connectivity index (χ4n) is 5.16. The van der Waals surface area contributed by atoms with Crippen molar-refractivity contribution in [2.24, 2.45) is 0 Å². The normalized spacial score (nSPS) is 29.8. The van der Waals surface area contributed by atoms with Crippen LogP contribution >= 0.6 is 22.6 Å². The van der Waals surface area contributed by atoms with Crippen molar-refractivity contribution < 1.29 is 13.2 Å². The topological polar surface area (TPSA) is 46.6 Å². The summed E-state index contributed by atoms with van der Waals surface area (Å²) >= 11 is 2.15. The molecule has 0 N–H and O–H groups in total. The highest BCUT2D eigenvalue weighted by atomic mass is 127. The van der Waals surface area contributed by atoms with Crippen LogP contribution in [0.3, 0.4) is 0 Å². The van der Waals surface area contributed by atoms with Gasteiger partial charge in [-0.05, 0) is 54.9 Å². The molecule has 29 heavy (non-hydrogen) atoms. The van der Waals surface area contributed by atoms with Crippen molar-refractivity contribution >= 4 is 32.4 Å². The second kappa shape index (κ2) is 8.65. The molecule has 2 bridgehead atoms. The van der Waals surface area contributed by atoms with E-state index in [9.17, 15) is 8.42 Å². The Balaban J connectivity index is 0.000000994. The summed E-state index contributed by atoms with van der Waals surface area (Å²) in [4.78, 5) is 4.89. The Morgan fingerprint density at radius 1 is 0.931 bits per heavy atom. The maximum atomic E-state index is 13.0. The number of rotatable bonds is 2. The summed E-state index contributed by atoms with van der Waals surface area (Å²) < 4.78 is 32.7. The van der Waals surface area contributed by atoms with Crippen molar-refractivity contribution in [3.05, 3.63) is 65.2 Å². The Morgan fingerprint density at radius 3 is 2.21 bits per heavy atom. The van der Waals surface area contributed by atoms with Gasteiger partial charge in [-0.2, -0.15) is 0 Å². The van der Waals surface area contributed by atoms with Gasteiger partial charge in [-0.25, -0.2) is 8.42 Å². The third-order valence-electron chi connectivity index (χ3n) is 6.60. The van der Waals surface area contributed by atoms with Crippen LogP contribution in [-0.2, 0) is 20.3 Å². The first-order valence-corrected chi connectivity index (χ1v) is 14.0. The molecule has 2 fully saturated rings. The van der Waals surface area contributed by atoms with E-state index < -0.39 is 9.84 Å². The molecule has 0 spiro atoms. The van der Waals surface area contributed by atoms with E-state index in [1.165, 1.54) is 12.8 Å². The minimum atomic E-state index is -3.37. The summed E-state index contributed by atoms with van der Waals surface area (Å²) in [5, 5.41) is 0. The zero-order valence-corrected chi connectivity index (χ0v) is 19.9. The smallest absolute Gasteiger partial charge is 0.182 e. The monoisotopic (exact) mass is 525 g/mol. The van der Waals surface area contributed by atoms with Gasteiger partial charge in [0.25, 0.3) is 0 Å². The van der Waals surface area contributed by atoms with Gasteiger partial charge >= 0.3 is 0 Å². The predicted molar refractivity (Wildman–Crippen MR) is 124 cm³/mol. The van der Waals surface area contributed by atoms with Gasteiger partial charge in [0.15, 0.2) is 9.84 Å². The van der Waals surface area contributed by atoms with Crippen LogP contribution in [0.4, 0.5) is 0 Å². The lowest BCUT2D eigenvalue weighted by molar-refractivity contribution is -0.0435. The lowest BCUT2D eigenvalue weighted by Crippen LogP contribution is -2.43. The van der Waals surface area contributed by atoms with E-state index in [-0.39, 0.29) is 18.0 Å². The second-order valence-electron chi connectivity index (χ2n) is 8.16. The van der Waals surface area contributed by atoms with E-state index in [4.69, 9.17) is 4.74 Å². The first-order chi connectivity index (χ1) is 14.0. The van der Waals surface area contributed by atoms with Crippen LogP contribution in [0.15, 0.2) is 53.4 Å². The molecule has 3 unspecified atom stereocenters. The Labute approximate surface area is 187 Å². The standard InChI is InChI=1S/C22H25NO3S.CH3I/c1-23-16-10-11-17(23)13-18(12-16)26-22-19-7-3-2-6-15(19)14-27(24,25)21-9-5-4-8-20(21)22;1-2/h2-9,16-18,22H,10-14H2,1H3;1H3. The van der Waals surface area contributed by atoms with Crippen molar-refractivity contribution in [2.45, 2.75) is 60.6 Å². The molecule has 3 heterocycles. The molecule has 156 valence electrons. The van der Waals surface area contributed by atoms with Gasteiger partial charge in [-0.1, -0.05) is 65.1 Å². The number of ether oxygens (including phenoxy) is 1. The largest absolute Gasteiger partial charge is 0.365 e.